The zero-order valence-electron chi connectivity index (χ0n) is 11.5. The Morgan fingerprint density at radius 2 is 2.20 bits per heavy atom. The fraction of sp³-hybridized carbons (Fsp3) is 0.467. The molecule has 20 heavy (non-hydrogen) atoms. The molecule has 2 rings (SSSR count). The molecule has 1 unspecified atom stereocenters. The molecule has 0 saturated carbocycles. The highest BCUT2D eigenvalue weighted by Crippen LogP contribution is 2.16. The van der Waals surface area contributed by atoms with Crippen LogP contribution >= 0.6 is 0 Å². The maximum atomic E-state index is 12.0. The van der Waals surface area contributed by atoms with Crippen LogP contribution in [0, 0.1) is 11.3 Å². The van der Waals surface area contributed by atoms with E-state index in [1.807, 2.05) is 24.3 Å². The van der Waals surface area contributed by atoms with E-state index >= 15 is 0 Å². The number of anilines is 1. The van der Waals surface area contributed by atoms with Crippen LogP contribution in [-0.4, -0.2) is 36.5 Å². The Balaban J connectivity index is 1.86. The molecule has 1 atom stereocenters. The van der Waals surface area contributed by atoms with Crippen molar-refractivity contribution in [3.05, 3.63) is 29.8 Å². The van der Waals surface area contributed by atoms with Crippen LogP contribution in [0.1, 0.15) is 18.4 Å². The lowest BCUT2D eigenvalue weighted by molar-refractivity contribution is -0.117. The summed E-state index contributed by atoms with van der Waals surface area (Å²) in [5.41, 5.74) is 7.41. The molecule has 1 aromatic carbocycles. The summed E-state index contributed by atoms with van der Waals surface area (Å²) >= 11 is 0. The van der Waals surface area contributed by atoms with Crippen molar-refractivity contribution < 1.29 is 4.79 Å². The Labute approximate surface area is 119 Å². The fourth-order valence-corrected chi connectivity index (χ4v) is 2.55. The lowest BCUT2D eigenvalue weighted by atomic mass is 10.1. The maximum absolute atomic E-state index is 12.0. The summed E-state index contributed by atoms with van der Waals surface area (Å²) in [6.07, 6.45) is 2.57. The van der Waals surface area contributed by atoms with Crippen LogP contribution in [0.2, 0.25) is 0 Å². The molecule has 5 nitrogen and oxygen atoms in total. The number of nitrogens with one attached hydrogen (secondary N) is 1. The van der Waals surface area contributed by atoms with E-state index in [2.05, 4.69) is 16.3 Å². The molecule has 1 aliphatic rings. The fourth-order valence-electron chi connectivity index (χ4n) is 2.55. The Kier molecular flexibility index (Phi) is 5.10. The predicted molar refractivity (Wildman–Crippen MR) is 78.0 cm³/mol. The van der Waals surface area contributed by atoms with E-state index in [0.29, 0.717) is 25.6 Å². The van der Waals surface area contributed by atoms with Crippen molar-refractivity contribution in [3.8, 4) is 6.07 Å². The lowest BCUT2D eigenvalue weighted by Crippen LogP contribution is -2.40. The van der Waals surface area contributed by atoms with E-state index in [9.17, 15) is 4.79 Å². The molecule has 0 bridgehead atoms. The summed E-state index contributed by atoms with van der Waals surface area (Å²) in [4.78, 5) is 14.1. The number of carbonyl (C=O) groups is 1. The highest BCUT2D eigenvalue weighted by molar-refractivity contribution is 5.92. The average Bonchev–Trinajstić information content (AvgIpc) is 2.88. The molecule has 106 valence electrons. The minimum Gasteiger partial charge on any atom is -0.329 e. The SMILES string of the molecule is N#CCc1ccc(NC(=O)CN2CCCC2CN)cc1. The largest absolute Gasteiger partial charge is 0.329 e. The monoisotopic (exact) mass is 272 g/mol. The molecule has 1 heterocycles. The minimum absolute atomic E-state index is 0.0154. The molecular weight excluding hydrogens is 252 g/mol. The molecule has 0 aromatic heterocycles. The number of nitrogens with zero attached hydrogens (tertiary/aromatic N) is 2. The van der Waals surface area contributed by atoms with E-state index in [4.69, 9.17) is 11.0 Å². The van der Waals surface area contributed by atoms with Crippen LogP contribution in [-0.2, 0) is 11.2 Å². The first-order valence-electron chi connectivity index (χ1n) is 6.93. The van der Waals surface area contributed by atoms with Gasteiger partial charge in [0.15, 0.2) is 0 Å². The first-order chi connectivity index (χ1) is 9.72. The van der Waals surface area contributed by atoms with Crippen molar-refractivity contribution in [2.45, 2.75) is 25.3 Å². The standard InChI is InChI=1S/C15H20N4O/c16-8-7-12-3-5-13(6-4-12)18-15(20)11-19-9-1-2-14(19)10-17/h3-6,14H,1-2,7,9-11,17H2,(H,18,20). The van der Waals surface area contributed by atoms with Gasteiger partial charge in [-0.1, -0.05) is 12.1 Å². The molecule has 3 N–H and O–H groups in total. The highest BCUT2D eigenvalue weighted by Gasteiger charge is 2.24. The summed E-state index contributed by atoms with van der Waals surface area (Å²) < 4.78 is 0. The molecule has 1 fully saturated rings. The van der Waals surface area contributed by atoms with Crippen LogP contribution in [0.15, 0.2) is 24.3 Å². The van der Waals surface area contributed by atoms with Gasteiger partial charge in [-0.15, -0.1) is 0 Å². The zero-order valence-corrected chi connectivity index (χ0v) is 11.5. The van der Waals surface area contributed by atoms with Crippen molar-refractivity contribution in [2.24, 2.45) is 5.73 Å². The third kappa shape index (κ3) is 3.80. The van der Waals surface area contributed by atoms with Crippen LogP contribution in [0.5, 0.6) is 0 Å². The van der Waals surface area contributed by atoms with E-state index in [1.54, 1.807) is 0 Å². The van der Waals surface area contributed by atoms with Gasteiger partial charge in [-0.2, -0.15) is 5.26 Å². The van der Waals surface area contributed by atoms with Gasteiger partial charge in [-0.05, 0) is 37.1 Å². The van der Waals surface area contributed by atoms with Gasteiger partial charge in [-0.3, -0.25) is 9.69 Å². The molecule has 1 saturated heterocycles. The third-order valence-corrected chi connectivity index (χ3v) is 3.64. The molecule has 1 amide bonds. The molecule has 1 aromatic rings. The normalized spacial score (nSPS) is 18.7. The molecule has 0 aliphatic carbocycles. The first kappa shape index (κ1) is 14.5. The minimum atomic E-state index is -0.0154. The van der Waals surface area contributed by atoms with Gasteiger partial charge in [0.05, 0.1) is 19.0 Å². The van der Waals surface area contributed by atoms with E-state index in [1.165, 1.54) is 0 Å². The summed E-state index contributed by atoms with van der Waals surface area (Å²) in [6, 6.07) is 9.80. The van der Waals surface area contributed by atoms with Crippen LogP contribution in [0.3, 0.4) is 0 Å². The second kappa shape index (κ2) is 7.04. The number of hydrogen-bond acceptors (Lipinski definition) is 4. The summed E-state index contributed by atoms with van der Waals surface area (Å²) in [5, 5.41) is 11.5. The van der Waals surface area contributed by atoms with Gasteiger partial charge in [0.1, 0.15) is 0 Å². The third-order valence-electron chi connectivity index (χ3n) is 3.64. The van der Waals surface area contributed by atoms with Gasteiger partial charge < -0.3 is 11.1 Å². The number of hydrogen-bond donors (Lipinski definition) is 2. The predicted octanol–water partition coefficient (Wildman–Crippen LogP) is 1.11. The Morgan fingerprint density at radius 1 is 1.45 bits per heavy atom. The highest BCUT2D eigenvalue weighted by atomic mass is 16.2. The molecule has 5 heteroatoms. The lowest BCUT2D eigenvalue weighted by Gasteiger charge is -2.22. The first-order valence-corrected chi connectivity index (χ1v) is 6.93. The molecule has 0 spiro atoms. The number of carbonyl (C=O) groups excluding carboxylic acids is 1. The van der Waals surface area contributed by atoms with Crippen molar-refractivity contribution in [1.82, 2.24) is 4.90 Å². The molecular formula is C15H20N4O. The van der Waals surface area contributed by atoms with Crippen LogP contribution < -0.4 is 11.1 Å². The van der Waals surface area contributed by atoms with Gasteiger partial charge in [-0.25, -0.2) is 0 Å². The topological polar surface area (TPSA) is 82.2 Å². The number of nitrogens with two attached hydrogens (primary N) is 1. The number of benzene rings is 1. The van der Waals surface area contributed by atoms with Gasteiger partial charge in [0.2, 0.25) is 5.91 Å². The van der Waals surface area contributed by atoms with Gasteiger partial charge in [0, 0.05) is 18.3 Å². The Bertz CT molecular complexity index is 492. The average molecular weight is 272 g/mol. The van der Waals surface area contributed by atoms with E-state index in [-0.39, 0.29) is 5.91 Å². The van der Waals surface area contributed by atoms with Crippen LogP contribution in [0.25, 0.3) is 0 Å². The number of likely N-dealkylation sites (tertiary alicyclic amines) is 1. The zero-order chi connectivity index (χ0) is 14.4. The second-order valence-electron chi connectivity index (χ2n) is 5.08. The second-order valence-corrected chi connectivity index (χ2v) is 5.08. The van der Waals surface area contributed by atoms with Crippen molar-refractivity contribution in [2.75, 3.05) is 25.0 Å². The number of rotatable bonds is 5. The van der Waals surface area contributed by atoms with E-state index < -0.39 is 0 Å². The summed E-state index contributed by atoms with van der Waals surface area (Å²) in [7, 11) is 0. The van der Waals surface area contributed by atoms with Crippen molar-refractivity contribution >= 4 is 11.6 Å². The van der Waals surface area contributed by atoms with Crippen molar-refractivity contribution in [3.63, 3.8) is 0 Å². The molecule has 1 aliphatic heterocycles. The maximum Gasteiger partial charge on any atom is 0.238 e. The Morgan fingerprint density at radius 3 is 2.85 bits per heavy atom. The number of nitriles is 1. The Hall–Kier alpha value is -1.90. The van der Waals surface area contributed by atoms with E-state index in [0.717, 1.165) is 30.6 Å². The number of amides is 1. The molecule has 0 radical (unpaired) electrons. The van der Waals surface area contributed by atoms with Crippen LogP contribution in [0.4, 0.5) is 5.69 Å². The van der Waals surface area contributed by atoms with Gasteiger partial charge >= 0.3 is 0 Å². The summed E-state index contributed by atoms with van der Waals surface area (Å²) in [6.45, 7) is 1.94. The quantitative estimate of drug-likeness (QED) is 0.841. The smallest absolute Gasteiger partial charge is 0.238 e. The summed E-state index contributed by atoms with van der Waals surface area (Å²) in [5.74, 6) is -0.0154. The van der Waals surface area contributed by atoms with Gasteiger partial charge in [0.25, 0.3) is 0 Å². The van der Waals surface area contributed by atoms with Crippen molar-refractivity contribution in [1.29, 1.82) is 5.26 Å².